The van der Waals surface area contributed by atoms with E-state index < -0.39 is 0 Å². The van der Waals surface area contributed by atoms with E-state index in [1.807, 2.05) is 42.6 Å². The summed E-state index contributed by atoms with van der Waals surface area (Å²) in [7, 11) is 0. The molecule has 3 nitrogen and oxygen atoms in total. The molecule has 0 aliphatic rings. The van der Waals surface area contributed by atoms with Crippen molar-refractivity contribution in [1.82, 2.24) is 4.98 Å². The molecule has 0 bridgehead atoms. The molecule has 0 atom stereocenters. The molecule has 0 fully saturated rings. The van der Waals surface area contributed by atoms with Crippen LogP contribution in [0.25, 0.3) is 17.0 Å². The van der Waals surface area contributed by atoms with Gasteiger partial charge in [0, 0.05) is 17.0 Å². The maximum absolute atomic E-state index is 12.0. The van der Waals surface area contributed by atoms with Crippen molar-refractivity contribution in [2.45, 2.75) is 6.92 Å². The predicted octanol–water partition coefficient (Wildman–Crippen LogP) is 5.24. The summed E-state index contributed by atoms with van der Waals surface area (Å²) in [6.07, 6.45) is 3.22. The lowest BCUT2D eigenvalue weighted by Crippen LogP contribution is -1.92. The van der Waals surface area contributed by atoms with Crippen LogP contribution in [0.1, 0.15) is 22.2 Å². The predicted molar refractivity (Wildman–Crippen MR) is 95.6 cm³/mol. The van der Waals surface area contributed by atoms with Gasteiger partial charge in [-0.15, -0.1) is 11.3 Å². The number of allylic oxidation sites excluding steroid dienone is 1. The van der Waals surface area contributed by atoms with Gasteiger partial charge >= 0.3 is 0 Å². The molecule has 0 saturated carbocycles. The fourth-order valence-corrected chi connectivity index (χ4v) is 3.03. The van der Waals surface area contributed by atoms with E-state index in [0.717, 1.165) is 16.7 Å². The van der Waals surface area contributed by atoms with Crippen LogP contribution in [0.15, 0.2) is 47.9 Å². The van der Waals surface area contributed by atoms with E-state index in [-0.39, 0.29) is 5.78 Å². The minimum atomic E-state index is -0.0390. The van der Waals surface area contributed by atoms with E-state index in [0.29, 0.717) is 22.2 Å². The molecule has 116 valence electrons. The zero-order valence-corrected chi connectivity index (χ0v) is 14.0. The van der Waals surface area contributed by atoms with E-state index in [1.54, 1.807) is 12.1 Å². The van der Waals surface area contributed by atoms with Gasteiger partial charge in [-0.1, -0.05) is 17.7 Å². The molecular formula is C18H14ClNO2S. The van der Waals surface area contributed by atoms with Crippen molar-refractivity contribution in [2.24, 2.45) is 0 Å². The van der Waals surface area contributed by atoms with Crippen LogP contribution in [0.5, 0.6) is 5.75 Å². The van der Waals surface area contributed by atoms with Crippen LogP contribution in [0.3, 0.4) is 0 Å². The monoisotopic (exact) mass is 343 g/mol. The maximum Gasteiger partial charge on any atom is 0.195 e. The fraction of sp³-hybridized carbons (Fsp3) is 0.111. The van der Waals surface area contributed by atoms with Crippen molar-refractivity contribution in [3.05, 3.63) is 63.4 Å². The van der Waals surface area contributed by atoms with Gasteiger partial charge in [-0.2, -0.15) is 0 Å². The van der Waals surface area contributed by atoms with Gasteiger partial charge < -0.3 is 4.74 Å². The molecule has 0 radical (unpaired) electrons. The van der Waals surface area contributed by atoms with E-state index in [4.69, 9.17) is 16.3 Å². The largest absolute Gasteiger partial charge is 0.494 e. The molecule has 0 amide bonds. The number of rotatable bonds is 5. The molecular weight excluding hydrogens is 330 g/mol. The van der Waals surface area contributed by atoms with Crippen molar-refractivity contribution in [2.75, 3.05) is 6.61 Å². The number of benzene rings is 1. The van der Waals surface area contributed by atoms with E-state index in [1.165, 1.54) is 17.4 Å². The molecule has 3 aromatic rings. The maximum atomic E-state index is 12.0. The number of pyridine rings is 1. The molecule has 2 aromatic heterocycles. The Labute approximate surface area is 143 Å². The van der Waals surface area contributed by atoms with Gasteiger partial charge in [-0.25, -0.2) is 4.98 Å². The summed E-state index contributed by atoms with van der Waals surface area (Å²) in [5, 5.41) is 3.18. The fourth-order valence-electron chi connectivity index (χ4n) is 2.18. The Kier molecular flexibility index (Phi) is 4.74. The number of hydrogen-bond acceptors (Lipinski definition) is 4. The Morgan fingerprint density at radius 2 is 2.22 bits per heavy atom. The minimum absolute atomic E-state index is 0.0390. The Balaban J connectivity index is 1.91. The molecule has 5 heteroatoms. The SMILES string of the molecule is CCOc1ccc2cc(/C=C/C(=O)c3cccs3)c(Cl)nc2c1. The van der Waals surface area contributed by atoms with Crippen LogP contribution >= 0.6 is 22.9 Å². The smallest absolute Gasteiger partial charge is 0.195 e. The van der Waals surface area contributed by atoms with Crippen LogP contribution in [0, 0.1) is 0 Å². The zero-order chi connectivity index (χ0) is 16.2. The Morgan fingerprint density at radius 1 is 1.35 bits per heavy atom. The first kappa shape index (κ1) is 15.7. The van der Waals surface area contributed by atoms with Gasteiger partial charge in [0.15, 0.2) is 5.78 Å². The first-order chi connectivity index (χ1) is 11.2. The summed E-state index contributed by atoms with van der Waals surface area (Å²) in [5.74, 6) is 0.725. The van der Waals surface area contributed by atoms with Gasteiger partial charge in [0.2, 0.25) is 0 Å². The normalized spacial score (nSPS) is 11.2. The van der Waals surface area contributed by atoms with Gasteiger partial charge in [0.1, 0.15) is 10.9 Å². The summed E-state index contributed by atoms with van der Waals surface area (Å²) in [5.41, 5.74) is 1.48. The summed E-state index contributed by atoms with van der Waals surface area (Å²) >= 11 is 7.64. The summed E-state index contributed by atoms with van der Waals surface area (Å²) in [4.78, 5) is 17.1. The van der Waals surface area contributed by atoms with E-state index >= 15 is 0 Å². The van der Waals surface area contributed by atoms with Crippen LogP contribution in [0.2, 0.25) is 5.15 Å². The van der Waals surface area contributed by atoms with Gasteiger partial charge in [-0.05, 0) is 48.7 Å². The highest BCUT2D eigenvalue weighted by molar-refractivity contribution is 7.12. The second-order valence-electron chi connectivity index (χ2n) is 4.83. The number of thiophene rings is 1. The van der Waals surface area contributed by atoms with Gasteiger partial charge in [-0.3, -0.25) is 4.79 Å². The van der Waals surface area contributed by atoms with E-state index in [9.17, 15) is 4.79 Å². The van der Waals surface area contributed by atoms with Gasteiger partial charge in [0.05, 0.1) is 17.0 Å². The molecule has 2 heterocycles. The van der Waals surface area contributed by atoms with Crippen molar-refractivity contribution >= 4 is 45.7 Å². The summed E-state index contributed by atoms with van der Waals surface area (Å²) in [6, 6.07) is 11.3. The Morgan fingerprint density at radius 3 is 2.96 bits per heavy atom. The van der Waals surface area contributed by atoms with Gasteiger partial charge in [0.25, 0.3) is 0 Å². The number of halogens is 1. The van der Waals surface area contributed by atoms with Crippen molar-refractivity contribution in [3.63, 3.8) is 0 Å². The average molecular weight is 344 g/mol. The van der Waals surface area contributed by atoms with Crippen LogP contribution in [-0.2, 0) is 0 Å². The third-order valence-electron chi connectivity index (χ3n) is 3.26. The quantitative estimate of drug-likeness (QED) is 0.361. The standard InChI is InChI=1S/C18H14ClNO2S/c1-2-22-14-7-5-12-10-13(18(19)20-15(12)11-14)6-8-16(21)17-4-3-9-23-17/h3-11H,2H2,1H3/b8-6+. The van der Waals surface area contributed by atoms with Crippen LogP contribution < -0.4 is 4.74 Å². The zero-order valence-electron chi connectivity index (χ0n) is 12.5. The highest BCUT2D eigenvalue weighted by Gasteiger charge is 2.06. The number of nitrogens with zero attached hydrogens (tertiary/aromatic N) is 1. The van der Waals surface area contributed by atoms with Crippen LogP contribution in [0.4, 0.5) is 0 Å². The van der Waals surface area contributed by atoms with Crippen molar-refractivity contribution in [1.29, 1.82) is 0 Å². The summed E-state index contributed by atoms with van der Waals surface area (Å²) in [6.45, 7) is 2.54. The minimum Gasteiger partial charge on any atom is -0.494 e. The number of ether oxygens (including phenoxy) is 1. The molecule has 0 unspecified atom stereocenters. The molecule has 0 saturated heterocycles. The molecule has 0 aliphatic heterocycles. The lowest BCUT2D eigenvalue weighted by Gasteiger charge is -2.06. The van der Waals surface area contributed by atoms with Crippen molar-refractivity contribution < 1.29 is 9.53 Å². The van der Waals surface area contributed by atoms with Crippen LogP contribution in [-0.4, -0.2) is 17.4 Å². The second kappa shape index (κ2) is 6.94. The number of ketones is 1. The molecule has 1 aromatic carbocycles. The topological polar surface area (TPSA) is 39.2 Å². The number of hydrogen-bond donors (Lipinski definition) is 0. The average Bonchev–Trinajstić information content (AvgIpc) is 3.07. The Hall–Kier alpha value is -2.17. The first-order valence-electron chi connectivity index (χ1n) is 7.16. The van der Waals surface area contributed by atoms with Crippen molar-refractivity contribution in [3.8, 4) is 5.75 Å². The molecule has 0 aliphatic carbocycles. The third kappa shape index (κ3) is 3.60. The Bertz CT molecular complexity index is 872. The molecule has 0 spiro atoms. The molecule has 23 heavy (non-hydrogen) atoms. The third-order valence-corrected chi connectivity index (χ3v) is 4.45. The first-order valence-corrected chi connectivity index (χ1v) is 8.42. The number of carbonyl (C=O) groups excluding carboxylic acids is 1. The number of fused-ring (bicyclic) bond motifs is 1. The number of aromatic nitrogens is 1. The molecule has 3 rings (SSSR count). The molecule has 0 N–H and O–H groups in total. The second-order valence-corrected chi connectivity index (χ2v) is 6.14. The summed E-state index contributed by atoms with van der Waals surface area (Å²) < 4.78 is 5.46. The lowest BCUT2D eigenvalue weighted by atomic mass is 10.1. The highest BCUT2D eigenvalue weighted by Crippen LogP contribution is 2.25. The highest BCUT2D eigenvalue weighted by atomic mass is 35.5. The number of carbonyl (C=O) groups is 1. The van der Waals surface area contributed by atoms with E-state index in [2.05, 4.69) is 4.98 Å². The lowest BCUT2D eigenvalue weighted by molar-refractivity contribution is 0.105.